The van der Waals surface area contributed by atoms with Crippen LogP contribution in [0.2, 0.25) is 0 Å². The van der Waals surface area contributed by atoms with Gasteiger partial charge in [0.2, 0.25) is 0 Å². The summed E-state index contributed by atoms with van der Waals surface area (Å²) in [5.74, 6) is 0.441. The molecule has 0 aromatic heterocycles. The molecule has 0 bridgehead atoms. The quantitative estimate of drug-likeness (QED) is 0.627. The lowest BCUT2D eigenvalue weighted by Crippen LogP contribution is -1.99. The molecule has 1 unspecified atom stereocenters. The van der Waals surface area contributed by atoms with Crippen molar-refractivity contribution >= 4 is 16.3 Å². The van der Waals surface area contributed by atoms with Crippen molar-refractivity contribution in [1.82, 2.24) is 0 Å². The van der Waals surface area contributed by atoms with Crippen LogP contribution < -0.4 is 0 Å². The summed E-state index contributed by atoms with van der Waals surface area (Å²) < 4.78 is 0. The molecule has 0 saturated carbocycles. The Morgan fingerprint density at radius 3 is 2.73 bits per heavy atom. The number of benzene rings is 2. The summed E-state index contributed by atoms with van der Waals surface area (Å²) in [6.07, 6.45) is 13.4. The summed E-state index contributed by atoms with van der Waals surface area (Å²) >= 11 is 0. The predicted molar refractivity (Wildman–Crippen MR) is 95.6 cm³/mol. The van der Waals surface area contributed by atoms with E-state index >= 15 is 0 Å². The average Bonchev–Trinajstić information content (AvgIpc) is 2.75. The van der Waals surface area contributed by atoms with E-state index in [2.05, 4.69) is 79.8 Å². The smallest absolute Gasteiger partial charge is 0.0243 e. The van der Waals surface area contributed by atoms with Crippen molar-refractivity contribution in [3.63, 3.8) is 0 Å². The van der Waals surface area contributed by atoms with Gasteiger partial charge in [-0.2, -0.15) is 0 Å². The van der Waals surface area contributed by atoms with Crippen molar-refractivity contribution in [2.24, 2.45) is 5.92 Å². The molecule has 108 valence electrons. The largest absolute Gasteiger partial charge is 0.0729 e. The third-order valence-corrected chi connectivity index (χ3v) is 4.85. The number of fused-ring (bicyclic) bond motifs is 2. The van der Waals surface area contributed by atoms with Gasteiger partial charge in [-0.25, -0.2) is 0 Å². The number of rotatable bonds is 2. The summed E-state index contributed by atoms with van der Waals surface area (Å²) in [5.41, 5.74) is 6.07. The van der Waals surface area contributed by atoms with Crippen LogP contribution in [-0.4, -0.2) is 0 Å². The normalized spacial score (nSPS) is 20.2. The van der Waals surface area contributed by atoms with Crippen molar-refractivity contribution in [3.05, 3.63) is 89.6 Å². The van der Waals surface area contributed by atoms with Crippen molar-refractivity contribution in [3.8, 4) is 0 Å². The zero-order valence-electron chi connectivity index (χ0n) is 12.9. The van der Waals surface area contributed by atoms with Crippen LogP contribution in [0.5, 0.6) is 0 Å². The molecule has 0 heteroatoms. The van der Waals surface area contributed by atoms with Crippen LogP contribution in [-0.2, 0) is 0 Å². The van der Waals surface area contributed by atoms with Gasteiger partial charge >= 0.3 is 0 Å². The Morgan fingerprint density at radius 1 is 0.955 bits per heavy atom. The van der Waals surface area contributed by atoms with Crippen LogP contribution in [0, 0.1) is 5.92 Å². The van der Waals surface area contributed by atoms with Crippen molar-refractivity contribution in [1.29, 1.82) is 0 Å². The maximum atomic E-state index is 2.36. The molecule has 0 radical (unpaired) electrons. The number of hydrogen-bond donors (Lipinski definition) is 0. The first-order chi connectivity index (χ1) is 10.9. The zero-order chi connectivity index (χ0) is 14.9. The van der Waals surface area contributed by atoms with Gasteiger partial charge in [0.05, 0.1) is 0 Å². The third kappa shape index (κ3) is 2.07. The second-order valence-corrected chi connectivity index (χ2v) is 6.06. The van der Waals surface area contributed by atoms with Gasteiger partial charge in [0, 0.05) is 5.92 Å². The fourth-order valence-corrected chi connectivity index (χ4v) is 3.79. The molecule has 1 atom stereocenters. The van der Waals surface area contributed by atoms with Crippen LogP contribution in [0.1, 0.15) is 25.3 Å². The lowest BCUT2D eigenvalue weighted by atomic mass is 9.88. The Morgan fingerprint density at radius 2 is 1.82 bits per heavy atom. The molecular weight excluding hydrogens is 264 g/mol. The lowest BCUT2D eigenvalue weighted by Gasteiger charge is -2.16. The summed E-state index contributed by atoms with van der Waals surface area (Å²) in [6.45, 7) is 2.28. The minimum atomic E-state index is 0.441. The molecule has 4 rings (SSSR count). The van der Waals surface area contributed by atoms with Gasteiger partial charge in [-0.3, -0.25) is 0 Å². The zero-order valence-corrected chi connectivity index (χ0v) is 12.9. The molecule has 2 aliphatic rings. The summed E-state index contributed by atoms with van der Waals surface area (Å²) in [4.78, 5) is 0. The van der Waals surface area contributed by atoms with E-state index in [0.717, 1.165) is 12.8 Å². The molecule has 0 aliphatic heterocycles. The molecule has 22 heavy (non-hydrogen) atoms. The van der Waals surface area contributed by atoms with E-state index in [4.69, 9.17) is 0 Å². The third-order valence-electron chi connectivity index (χ3n) is 4.85. The van der Waals surface area contributed by atoms with Crippen molar-refractivity contribution in [2.75, 3.05) is 0 Å². The molecule has 0 amide bonds. The second kappa shape index (κ2) is 5.46. The first kappa shape index (κ1) is 13.3. The minimum Gasteiger partial charge on any atom is -0.0729 e. The van der Waals surface area contributed by atoms with Gasteiger partial charge in [0.25, 0.3) is 0 Å². The molecule has 0 nitrogen and oxygen atoms in total. The molecule has 0 N–H and O–H groups in total. The highest BCUT2D eigenvalue weighted by Crippen LogP contribution is 2.46. The second-order valence-electron chi connectivity index (χ2n) is 6.06. The van der Waals surface area contributed by atoms with Crippen LogP contribution in [0.15, 0.2) is 84.0 Å². The van der Waals surface area contributed by atoms with E-state index in [1.54, 1.807) is 5.57 Å². The average molecular weight is 284 g/mol. The Balaban J connectivity index is 1.95. The topological polar surface area (TPSA) is 0 Å². The predicted octanol–water partition coefficient (Wildman–Crippen LogP) is 6.08. The highest BCUT2D eigenvalue weighted by molar-refractivity contribution is 5.96. The van der Waals surface area contributed by atoms with E-state index in [0.29, 0.717) is 5.92 Å². The number of hydrogen-bond acceptors (Lipinski definition) is 0. The van der Waals surface area contributed by atoms with E-state index in [1.165, 1.54) is 27.5 Å². The first-order valence-electron chi connectivity index (χ1n) is 8.12. The molecule has 2 aromatic carbocycles. The number of allylic oxidation sites excluding steroid dienone is 8. The maximum Gasteiger partial charge on any atom is 0.0243 e. The van der Waals surface area contributed by atoms with Gasteiger partial charge in [-0.1, -0.05) is 90.9 Å². The molecule has 0 spiro atoms. The Bertz CT molecular complexity index is 838. The highest BCUT2D eigenvalue weighted by atomic mass is 14.3. The fourth-order valence-electron chi connectivity index (χ4n) is 3.79. The van der Waals surface area contributed by atoms with Gasteiger partial charge in [-0.05, 0) is 34.8 Å². The monoisotopic (exact) mass is 284 g/mol. The van der Waals surface area contributed by atoms with Crippen LogP contribution in [0.4, 0.5) is 0 Å². The van der Waals surface area contributed by atoms with Gasteiger partial charge in [-0.15, -0.1) is 0 Å². The molecule has 0 heterocycles. The summed E-state index contributed by atoms with van der Waals surface area (Å²) in [6, 6.07) is 15.4. The van der Waals surface area contributed by atoms with Crippen molar-refractivity contribution < 1.29 is 0 Å². The van der Waals surface area contributed by atoms with E-state index in [-0.39, 0.29) is 0 Å². The molecule has 2 aliphatic carbocycles. The van der Waals surface area contributed by atoms with Gasteiger partial charge < -0.3 is 0 Å². The highest BCUT2D eigenvalue weighted by Gasteiger charge is 2.28. The molecular formula is C22H20. The van der Waals surface area contributed by atoms with Gasteiger partial charge in [0.15, 0.2) is 0 Å². The maximum absolute atomic E-state index is 2.36. The van der Waals surface area contributed by atoms with Crippen LogP contribution >= 0.6 is 0 Å². The molecule has 2 aromatic rings. The van der Waals surface area contributed by atoms with Gasteiger partial charge in [0.1, 0.15) is 0 Å². The summed E-state index contributed by atoms with van der Waals surface area (Å²) in [5, 5.41) is 2.70. The van der Waals surface area contributed by atoms with E-state index < -0.39 is 0 Å². The van der Waals surface area contributed by atoms with E-state index in [1.807, 2.05) is 0 Å². The van der Waals surface area contributed by atoms with Crippen molar-refractivity contribution in [2.45, 2.75) is 19.8 Å². The Hall–Kier alpha value is -2.34. The summed E-state index contributed by atoms with van der Waals surface area (Å²) in [7, 11) is 0. The molecule has 0 fully saturated rings. The van der Waals surface area contributed by atoms with Crippen LogP contribution in [0.25, 0.3) is 16.3 Å². The van der Waals surface area contributed by atoms with Crippen LogP contribution in [0.3, 0.4) is 0 Å². The van der Waals surface area contributed by atoms with E-state index in [9.17, 15) is 0 Å². The fraction of sp³-hybridized carbons (Fsp3) is 0.182. The molecule has 0 saturated heterocycles. The SMILES string of the molecule is CCC1=C(c2cccc3ccccc23)C2C=CC=CC=C2C1. The standard InChI is InChI=1S/C22H20/c1-2-16-15-18-10-4-3-5-13-20(18)22(16)21-14-8-11-17-9-6-7-12-19(17)21/h3-14,20H,2,15H2,1H3. The minimum absolute atomic E-state index is 0.441. The Labute approximate surface area is 132 Å². The first-order valence-corrected chi connectivity index (χ1v) is 8.12. The lowest BCUT2D eigenvalue weighted by molar-refractivity contribution is 0.976. The Kier molecular flexibility index (Phi) is 3.31.